The third-order valence-electron chi connectivity index (χ3n) is 3.29. The molecule has 1 fully saturated rings. The van der Waals surface area contributed by atoms with Crippen LogP contribution in [0.4, 0.5) is 0 Å². The van der Waals surface area contributed by atoms with Gasteiger partial charge in [0, 0.05) is 6.54 Å². The highest BCUT2D eigenvalue weighted by Gasteiger charge is 2.37. The van der Waals surface area contributed by atoms with Gasteiger partial charge in [0.25, 0.3) is 5.91 Å². The number of halogens is 1. The van der Waals surface area contributed by atoms with Gasteiger partial charge in [-0.05, 0) is 36.5 Å². The lowest BCUT2D eigenvalue weighted by atomic mass is 10.1. The first-order valence-corrected chi connectivity index (χ1v) is 7.74. The molecule has 2 rings (SSSR count). The Bertz CT molecular complexity index is 624. The van der Waals surface area contributed by atoms with Gasteiger partial charge in [0.05, 0.1) is 15.5 Å². The fraction of sp³-hybridized carbons (Fsp3) is 0.417. The van der Waals surface area contributed by atoms with Crippen molar-refractivity contribution in [3.8, 4) is 0 Å². The second-order valence-corrected chi connectivity index (χ2v) is 7.15. The molecule has 0 aliphatic heterocycles. The van der Waals surface area contributed by atoms with E-state index in [1.807, 2.05) is 0 Å². The molecule has 0 unspecified atom stereocenters. The molecular formula is C12H15ClN2O3S. The molecule has 0 radical (unpaired) electrons. The minimum atomic E-state index is -3.85. The van der Waals surface area contributed by atoms with E-state index in [4.69, 9.17) is 16.7 Å². The SMILES string of the molecule is CC1(CNC(=O)c2cc(S(N)(=O)=O)ccc2Cl)CC1. The van der Waals surface area contributed by atoms with Crippen molar-refractivity contribution in [2.24, 2.45) is 10.6 Å². The van der Waals surface area contributed by atoms with Gasteiger partial charge in [-0.25, -0.2) is 13.6 Å². The Morgan fingerprint density at radius 2 is 2.11 bits per heavy atom. The second kappa shape index (κ2) is 4.77. The van der Waals surface area contributed by atoms with Crippen LogP contribution in [-0.2, 0) is 10.0 Å². The Balaban J connectivity index is 2.20. The zero-order valence-electron chi connectivity index (χ0n) is 10.4. The summed E-state index contributed by atoms with van der Waals surface area (Å²) >= 11 is 5.91. The smallest absolute Gasteiger partial charge is 0.252 e. The summed E-state index contributed by atoms with van der Waals surface area (Å²) in [4.78, 5) is 11.9. The maximum atomic E-state index is 12.0. The molecule has 0 aromatic heterocycles. The summed E-state index contributed by atoms with van der Waals surface area (Å²) in [5, 5.41) is 7.99. The zero-order chi connectivity index (χ0) is 14.3. The van der Waals surface area contributed by atoms with Crippen molar-refractivity contribution in [2.75, 3.05) is 6.54 Å². The number of amides is 1. The number of carbonyl (C=O) groups excluding carboxylic acids is 1. The standard InChI is InChI=1S/C12H15ClN2O3S/c1-12(4-5-12)7-15-11(16)9-6-8(19(14,17)18)2-3-10(9)13/h2-3,6H,4-5,7H2,1H3,(H,15,16)(H2,14,17,18). The summed E-state index contributed by atoms with van der Waals surface area (Å²) in [6, 6.07) is 3.83. The number of nitrogens with one attached hydrogen (secondary N) is 1. The van der Waals surface area contributed by atoms with Crippen LogP contribution in [-0.4, -0.2) is 20.9 Å². The third-order valence-corrected chi connectivity index (χ3v) is 4.53. The van der Waals surface area contributed by atoms with Crippen molar-refractivity contribution in [2.45, 2.75) is 24.7 Å². The maximum absolute atomic E-state index is 12.0. The normalized spacial score (nSPS) is 17.0. The minimum absolute atomic E-state index is 0.123. The Labute approximate surface area is 117 Å². The lowest BCUT2D eigenvalue weighted by Crippen LogP contribution is -2.29. The molecular weight excluding hydrogens is 288 g/mol. The molecule has 7 heteroatoms. The van der Waals surface area contributed by atoms with Gasteiger partial charge in [-0.15, -0.1) is 0 Å². The highest BCUT2D eigenvalue weighted by atomic mass is 35.5. The number of carbonyl (C=O) groups is 1. The Hall–Kier alpha value is -1.11. The van der Waals surface area contributed by atoms with Gasteiger partial charge < -0.3 is 5.32 Å². The number of hydrogen-bond acceptors (Lipinski definition) is 3. The summed E-state index contributed by atoms with van der Waals surface area (Å²) < 4.78 is 22.5. The lowest BCUT2D eigenvalue weighted by Gasteiger charge is -2.11. The van der Waals surface area contributed by atoms with Gasteiger partial charge in [0.2, 0.25) is 10.0 Å². The molecule has 1 aliphatic rings. The number of benzene rings is 1. The lowest BCUT2D eigenvalue weighted by molar-refractivity contribution is 0.0946. The van der Waals surface area contributed by atoms with Crippen molar-refractivity contribution in [3.05, 3.63) is 28.8 Å². The van der Waals surface area contributed by atoms with Crippen molar-refractivity contribution in [1.29, 1.82) is 0 Å². The molecule has 1 amide bonds. The van der Waals surface area contributed by atoms with E-state index in [1.54, 1.807) is 0 Å². The van der Waals surface area contributed by atoms with Crippen molar-refractivity contribution in [3.63, 3.8) is 0 Å². The zero-order valence-corrected chi connectivity index (χ0v) is 12.0. The average Bonchev–Trinajstić information content (AvgIpc) is 3.04. The molecule has 0 heterocycles. The maximum Gasteiger partial charge on any atom is 0.252 e. The molecule has 1 aromatic rings. The first-order valence-electron chi connectivity index (χ1n) is 5.82. The predicted octanol–water partition coefficient (Wildman–Crippen LogP) is 1.52. The van der Waals surface area contributed by atoms with Gasteiger partial charge in [-0.3, -0.25) is 4.79 Å². The fourth-order valence-electron chi connectivity index (χ4n) is 1.63. The molecule has 0 bridgehead atoms. The molecule has 0 spiro atoms. The molecule has 5 nitrogen and oxygen atoms in total. The van der Waals surface area contributed by atoms with Gasteiger partial charge in [0.1, 0.15) is 0 Å². The summed E-state index contributed by atoms with van der Waals surface area (Å²) in [5.74, 6) is -0.386. The monoisotopic (exact) mass is 302 g/mol. The van der Waals surface area contributed by atoms with E-state index < -0.39 is 10.0 Å². The topological polar surface area (TPSA) is 89.3 Å². The number of rotatable bonds is 4. The summed E-state index contributed by atoms with van der Waals surface area (Å²) in [5.41, 5.74) is 0.289. The average molecular weight is 303 g/mol. The van der Waals surface area contributed by atoms with Crippen LogP contribution in [0.3, 0.4) is 0 Å². The first-order chi connectivity index (χ1) is 8.71. The van der Waals surface area contributed by atoms with Crippen LogP contribution >= 0.6 is 11.6 Å². The molecule has 19 heavy (non-hydrogen) atoms. The van der Waals surface area contributed by atoms with Crippen LogP contribution in [0.5, 0.6) is 0 Å². The number of hydrogen-bond donors (Lipinski definition) is 2. The molecule has 1 aliphatic carbocycles. The second-order valence-electron chi connectivity index (χ2n) is 5.18. The Morgan fingerprint density at radius 1 is 1.47 bits per heavy atom. The fourth-order valence-corrected chi connectivity index (χ4v) is 2.38. The van der Waals surface area contributed by atoms with Crippen molar-refractivity contribution < 1.29 is 13.2 Å². The number of sulfonamides is 1. The third kappa shape index (κ3) is 3.46. The van der Waals surface area contributed by atoms with Crippen LogP contribution in [0.25, 0.3) is 0 Å². The minimum Gasteiger partial charge on any atom is -0.351 e. The molecule has 0 atom stereocenters. The van der Waals surface area contributed by atoms with Gasteiger partial charge in [-0.2, -0.15) is 0 Å². The molecule has 3 N–H and O–H groups in total. The molecule has 0 saturated heterocycles. The van der Waals surface area contributed by atoms with Crippen LogP contribution < -0.4 is 10.5 Å². The van der Waals surface area contributed by atoms with Gasteiger partial charge in [-0.1, -0.05) is 18.5 Å². The van der Waals surface area contributed by atoms with E-state index in [-0.39, 0.29) is 26.8 Å². The summed E-state index contributed by atoms with van der Waals surface area (Å²) in [6.07, 6.45) is 2.16. The van der Waals surface area contributed by atoms with E-state index in [0.717, 1.165) is 12.8 Å². The van der Waals surface area contributed by atoms with Crippen molar-refractivity contribution in [1.82, 2.24) is 5.32 Å². The number of primary sulfonamides is 1. The van der Waals surface area contributed by atoms with E-state index in [1.165, 1.54) is 18.2 Å². The predicted molar refractivity (Wildman–Crippen MR) is 72.5 cm³/mol. The Morgan fingerprint density at radius 3 is 2.63 bits per heavy atom. The van der Waals surface area contributed by atoms with Gasteiger partial charge >= 0.3 is 0 Å². The Kier molecular flexibility index (Phi) is 3.59. The summed E-state index contributed by atoms with van der Waals surface area (Å²) in [6.45, 7) is 2.64. The largest absolute Gasteiger partial charge is 0.351 e. The summed E-state index contributed by atoms with van der Waals surface area (Å²) in [7, 11) is -3.85. The van der Waals surface area contributed by atoms with E-state index in [0.29, 0.717) is 6.54 Å². The molecule has 1 aromatic carbocycles. The van der Waals surface area contributed by atoms with Crippen LogP contribution in [0.15, 0.2) is 23.1 Å². The van der Waals surface area contributed by atoms with E-state index >= 15 is 0 Å². The first kappa shape index (κ1) is 14.3. The molecule has 1 saturated carbocycles. The van der Waals surface area contributed by atoms with Crippen LogP contribution in [0, 0.1) is 5.41 Å². The van der Waals surface area contributed by atoms with Crippen LogP contribution in [0.2, 0.25) is 5.02 Å². The van der Waals surface area contributed by atoms with E-state index in [9.17, 15) is 13.2 Å². The van der Waals surface area contributed by atoms with Gasteiger partial charge in [0.15, 0.2) is 0 Å². The highest BCUT2D eigenvalue weighted by molar-refractivity contribution is 7.89. The highest BCUT2D eigenvalue weighted by Crippen LogP contribution is 2.44. The quantitative estimate of drug-likeness (QED) is 0.883. The molecule has 104 valence electrons. The number of nitrogens with two attached hydrogens (primary N) is 1. The van der Waals surface area contributed by atoms with Crippen LogP contribution in [0.1, 0.15) is 30.1 Å². The van der Waals surface area contributed by atoms with E-state index in [2.05, 4.69) is 12.2 Å². The van der Waals surface area contributed by atoms with Crippen molar-refractivity contribution >= 4 is 27.5 Å².